The SMILES string of the molecule is CC(C)C(N)CCN(C)C(=O)Cc1c[nH]c2ncccc12.Cl. The molecule has 6 heteroatoms. The lowest BCUT2D eigenvalue weighted by atomic mass is 10.0. The Hall–Kier alpha value is -1.59. The Balaban J connectivity index is 0.00000242. The number of aromatic nitrogens is 2. The first-order valence-electron chi connectivity index (χ1n) is 7.39. The van der Waals surface area contributed by atoms with E-state index in [2.05, 4.69) is 23.8 Å². The summed E-state index contributed by atoms with van der Waals surface area (Å²) < 4.78 is 0. The number of amides is 1. The van der Waals surface area contributed by atoms with E-state index in [1.165, 1.54) is 0 Å². The van der Waals surface area contributed by atoms with Crippen LogP contribution in [0.1, 0.15) is 25.8 Å². The van der Waals surface area contributed by atoms with Crippen LogP contribution in [0.5, 0.6) is 0 Å². The Bertz CT molecular complexity index is 611. The number of rotatable bonds is 6. The number of hydrogen-bond donors (Lipinski definition) is 2. The Labute approximate surface area is 137 Å². The molecule has 2 aromatic rings. The van der Waals surface area contributed by atoms with Crippen LogP contribution in [0.4, 0.5) is 0 Å². The highest BCUT2D eigenvalue weighted by atomic mass is 35.5. The van der Waals surface area contributed by atoms with Crippen molar-refractivity contribution in [2.75, 3.05) is 13.6 Å². The molecular formula is C16H25ClN4O. The summed E-state index contributed by atoms with van der Waals surface area (Å²) in [5, 5.41) is 1.01. The number of aromatic amines is 1. The van der Waals surface area contributed by atoms with E-state index in [1.54, 1.807) is 11.1 Å². The number of carbonyl (C=O) groups is 1. The Morgan fingerprint density at radius 2 is 2.18 bits per heavy atom. The highest BCUT2D eigenvalue weighted by Crippen LogP contribution is 2.16. The van der Waals surface area contributed by atoms with Gasteiger partial charge in [-0.3, -0.25) is 4.79 Å². The summed E-state index contributed by atoms with van der Waals surface area (Å²) in [5.41, 5.74) is 7.84. The van der Waals surface area contributed by atoms with Gasteiger partial charge in [-0.1, -0.05) is 13.8 Å². The second-order valence-electron chi connectivity index (χ2n) is 5.90. The minimum atomic E-state index is 0. The monoisotopic (exact) mass is 324 g/mol. The smallest absolute Gasteiger partial charge is 0.226 e. The third-order valence-electron chi connectivity index (χ3n) is 3.96. The van der Waals surface area contributed by atoms with E-state index in [0.717, 1.165) is 23.0 Å². The molecule has 0 spiro atoms. The van der Waals surface area contributed by atoms with Crippen molar-refractivity contribution in [3.05, 3.63) is 30.1 Å². The fourth-order valence-electron chi connectivity index (χ4n) is 2.26. The van der Waals surface area contributed by atoms with Gasteiger partial charge in [0.2, 0.25) is 5.91 Å². The van der Waals surface area contributed by atoms with Crippen molar-refractivity contribution in [3.8, 4) is 0 Å². The number of hydrogen-bond acceptors (Lipinski definition) is 3. The standard InChI is InChI=1S/C16H24N4O.ClH/c1-11(2)14(17)6-8-20(3)15(21)9-12-10-19-16-13(12)5-4-7-18-16;/h4-5,7,10-11,14H,6,8-9,17H2,1-3H3,(H,18,19);1H. The van der Waals surface area contributed by atoms with Crippen LogP contribution in [0.3, 0.4) is 0 Å². The van der Waals surface area contributed by atoms with Crippen molar-refractivity contribution < 1.29 is 4.79 Å². The van der Waals surface area contributed by atoms with Crippen LogP contribution in [0.25, 0.3) is 11.0 Å². The Morgan fingerprint density at radius 1 is 1.45 bits per heavy atom. The van der Waals surface area contributed by atoms with Gasteiger partial charge >= 0.3 is 0 Å². The van der Waals surface area contributed by atoms with Crippen LogP contribution >= 0.6 is 12.4 Å². The first kappa shape index (κ1) is 18.5. The fraction of sp³-hybridized carbons (Fsp3) is 0.500. The third-order valence-corrected chi connectivity index (χ3v) is 3.96. The van der Waals surface area contributed by atoms with Gasteiger partial charge in [-0.2, -0.15) is 0 Å². The summed E-state index contributed by atoms with van der Waals surface area (Å²) >= 11 is 0. The number of nitrogens with one attached hydrogen (secondary N) is 1. The van der Waals surface area contributed by atoms with Crippen LogP contribution in [-0.4, -0.2) is 40.4 Å². The summed E-state index contributed by atoms with van der Waals surface area (Å²) in [5.74, 6) is 0.545. The van der Waals surface area contributed by atoms with Gasteiger partial charge in [-0.25, -0.2) is 4.98 Å². The maximum atomic E-state index is 12.3. The summed E-state index contributed by atoms with van der Waals surface area (Å²) in [7, 11) is 1.84. The quantitative estimate of drug-likeness (QED) is 0.856. The molecule has 1 amide bonds. The lowest BCUT2D eigenvalue weighted by molar-refractivity contribution is -0.129. The van der Waals surface area contributed by atoms with Crippen molar-refractivity contribution in [1.82, 2.24) is 14.9 Å². The number of halogens is 1. The molecule has 122 valence electrons. The maximum absolute atomic E-state index is 12.3. The molecule has 2 heterocycles. The topological polar surface area (TPSA) is 75.0 Å². The maximum Gasteiger partial charge on any atom is 0.226 e. The van der Waals surface area contributed by atoms with E-state index >= 15 is 0 Å². The molecule has 2 aromatic heterocycles. The molecule has 0 saturated heterocycles. The molecule has 3 N–H and O–H groups in total. The minimum Gasteiger partial charge on any atom is -0.346 e. The average molecular weight is 325 g/mol. The minimum absolute atomic E-state index is 0. The van der Waals surface area contributed by atoms with Crippen LogP contribution in [0, 0.1) is 5.92 Å². The number of nitrogens with zero attached hydrogens (tertiary/aromatic N) is 2. The van der Waals surface area contributed by atoms with Crippen molar-refractivity contribution >= 4 is 29.3 Å². The zero-order chi connectivity index (χ0) is 15.4. The van der Waals surface area contributed by atoms with Crippen molar-refractivity contribution in [1.29, 1.82) is 0 Å². The summed E-state index contributed by atoms with van der Waals surface area (Å²) in [6.07, 6.45) is 4.82. The molecule has 0 fully saturated rings. The fourth-order valence-corrected chi connectivity index (χ4v) is 2.26. The summed E-state index contributed by atoms with van der Waals surface area (Å²) in [6, 6.07) is 4.00. The van der Waals surface area contributed by atoms with E-state index in [-0.39, 0.29) is 24.4 Å². The number of likely N-dealkylation sites (N-methyl/N-ethyl adjacent to an activating group) is 1. The number of pyridine rings is 1. The largest absolute Gasteiger partial charge is 0.346 e. The second kappa shape index (κ2) is 8.15. The molecule has 0 bridgehead atoms. The molecule has 5 nitrogen and oxygen atoms in total. The molecule has 0 aromatic carbocycles. The van der Waals surface area contributed by atoms with Crippen LogP contribution in [0.15, 0.2) is 24.5 Å². The zero-order valence-electron chi connectivity index (χ0n) is 13.4. The van der Waals surface area contributed by atoms with Gasteiger partial charge in [-0.15, -0.1) is 12.4 Å². The van der Waals surface area contributed by atoms with Crippen LogP contribution in [0.2, 0.25) is 0 Å². The lowest BCUT2D eigenvalue weighted by Gasteiger charge is -2.21. The summed E-state index contributed by atoms with van der Waals surface area (Å²) in [6.45, 7) is 4.90. The molecule has 0 aliphatic heterocycles. The number of nitrogens with two attached hydrogens (primary N) is 1. The van der Waals surface area contributed by atoms with Gasteiger partial charge in [0.15, 0.2) is 0 Å². The van der Waals surface area contributed by atoms with Gasteiger partial charge in [0.05, 0.1) is 6.42 Å². The van der Waals surface area contributed by atoms with E-state index in [0.29, 0.717) is 18.9 Å². The molecule has 0 saturated carbocycles. The summed E-state index contributed by atoms with van der Waals surface area (Å²) in [4.78, 5) is 21.4. The van der Waals surface area contributed by atoms with E-state index < -0.39 is 0 Å². The molecule has 1 unspecified atom stereocenters. The number of H-pyrrole nitrogens is 1. The predicted molar refractivity (Wildman–Crippen MR) is 92.1 cm³/mol. The van der Waals surface area contributed by atoms with Crippen LogP contribution in [-0.2, 0) is 11.2 Å². The molecule has 0 aliphatic rings. The molecular weight excluding hydrogens is 300 g/mol. The lowest BCUT2D eigenvalue weighted by Crippen LogP contribution is -2.35. The first-order valence-corrected chi connectivity index (χ1v) is 7.39. The molecule has 0 radical (unpaired) electrons. The molecule has 2 rings (SSSR count). The molecule has 22 heavy (non-hydrogen) atoms. The second-order valence-corrected chi connectivity index (χ2v) is 5.90. The average Bonchev–Trinajstić information content (AvgIpc) is 2.87. The first-order chi connectivity index (χ1) is 9.99. The number of carbonyl (C=O) groups excluding carboxylic acids is 1. The van der Waals surface area contributed by atoms with E-state index in [4.69, 9.17) is 5.73 Å². The van der Waals surface area contributed by atoms with Gasteiger partial charge in [0, 0.05) is 37.4 Å². The van der Waals surface area contributed by atoms with Gasteiger partial charge in [-0.05, 0) is 30.0 Å². The predicted octanol–water partition coefficient (Wildman–Crippen LogP) is 2.36. The Kier molecular flexibility index (Phi) is 6.84. The highest BCUT2D eigenvalue weighted by molar-refractivity contribution is 5.87. The van der Waals surface area contributed by atoms with Crippen molar-refractivity contribution in [2.45, 2.75) is 32.7 Å². The van der Waals surface area contributed by atoms with E-state index in [1.807, 2.05) is 25.4 Å². The third kappa shape index (κ3) is 4.45. The Morgan fingerprint density at radius 3 is 2.86 bits per heavy atom. The number of fused-ring (bicyclic) bond motifs is 1. The van der Waals surface area contributed by atoms with Crippen LogP contribution < -0.4 is 5.73 Å². The van der Waals surface area contributed by atoms with Gasteiger partial charge in [0.25, 0.3) is 0 Å². The highest BCUT2D eigenvalue weighted by Gasteiger charge is 2.15. The van der Waals surface area contributed by atoms with E-state index in [9.17, 15) is 4.79 Å². The normalized spacial score (nSPS) is 12.2. The zero-order valence-corrected chi connectivity index (χ0v) is 14.2. The van der Waals surface area contributed by atoms with Gasteiger partial charge < -0.3 is 15.6 Å². The van der Waals surface area contributed by atoms with Gasteiger partial charge in [0.1, 0.15) is 5.65 Å². The van der Waals surface area contributed by atoms with Crippen molar-refractivity contribution in [3.63, 3.8) is 0 Å². The molecule has 0 aliphatic carbocycles. The van der Waals surface area contributed by atoms with Crippen molar-refractivity contribution in [2.24, 2.45) is 11.7 Å². The molecule has 1 atom stereocenters.